The van der Waals surface area contributed by atoms with Gasteiger partial charge in [-0.3, -0.25) is 0 Å². The maximum absolute atomic E-state index is 12.3. The number of esters is 1. The standard InChI is InChI=1S/C20H22ClNO4/c1-14(2)26-19(23)18(12-15-8-10-17(21)11-9-15)22-20(24)25-13-16-6-4-3-5-7-16/h3-11,14,18H,12-13H2,1-2H3,(H,22,24)/t18-/m0/s1. The van der Waals surface area contributed by atoms with Crippen molar-refractivity contribution in [3.05, 3.63) is 70.7 Å². The molecule has 1 amide bonds. The van der Waals surface area contributed by atoms with Gasteiger partial charge in [0.25, 0.3) is 0 Å². The number of rotatable bonds is 7. The van der Waals surface area contributed by atoms with E-state index in [2.05, 4.69) is 5.32 Å². The second-order valence-corrected chi connectivity index (χ2v) is 6.51. The van der Waals surface area contributed by atoms with E-state index in [1.165, 1.54) is 0 Å². The Hall–Kier alpha value is -2.53. The molecule has 0 saturated carbocycles. The smallest absolute Gasteiger partial charge is 0.408 e. The number of carbonyl (C=O) groups is 2. The van der Waals surface area contributed by atoms with Crippen LogP contribution >= 0.6 is 11.6 Å². The van der Waals surface area contributed by atoms with Crippen LogP contribution in [0.25, 0.3) is 0 Å². The molecule has 2 aromatic rings. The number of alkyl carbamates (subject to hydrolysis) is 1. The van der Waals surface area contributed by atoms with Crippen molar-refractivity contribution in [3.63, 3.8) is 0 Å². The minimum Gasteiger partial charge on any atom is -0.461 e. The molecular weight excluding hydrogens is 354 g/mol. The van der Waals surface area contributed by atoms with Crippen LogP contribution in [0.5, 0.6) is 0 Å². The van der Waals surface area contributed by atoms with E-state index in [0.29, 0.717) is 5.02 Å². The normalized spacial score (nSPS) is 11.7. The summed E-state index contributed by atoms with van der Waals surface area (Å²) in [5.41, 5.74) is 1.71. The van der Waals surface area contributed by atoms with E-state index >= 15 is 0 Å². The molecule has 1 atom stereocenters. The van der Waals surface area contributed by atoms with Gasteiger partial charge in [-0.2, -0.15) is 0 Å². The molecule has 0 spiro atoms. The van der Waals surface area contributed by atoms with Crippen molar-refractivity contribution >= 4 is 23.7 Å². The van der Waals surface area contributed by atoms with E-state index in [1.807, 2.05) is 30.3 Å². The topological polar surface area (TPSA) is 64.6 Å². The van der Waals surface area contributed by atoms with Crippen LogP contribution in [-0.2, 0) is 27.3 Å². The van der Waals surface area contributed by atoms with Crippen LogP contribution in [0.2, 0.25) is 5.02 Å². The van der Waals surface area contributed by atoms with Crippen molar-refractivity contribution < 1.29 is 19.1 Å². The number of ether oxygens (including phenoxy) is 2. The van der Waals surface area contributed by atoms with E-state index < -0.39 is 18.1 Å². The lowest BCUT2D eigenvalue weighted by Crippen LogP contribution is -2.44. The molecule has 0 fully saturated rings. The van der Waals surface area contributed by atoms with Gasteiger partial charge in [-0.1, -0.05) is 54.1 Å². The number of hydrogen-bond acceptors (Lipinski definition) is 4. The fourth-order valence-corrected chi connectivity index (χ4v) is 2.40. The lowest BCUT2D eigenvalue weighted by molar-refractivity contribution is -0.149. The molecular formula is C20H22ClNO4. The maximum Gasteiger partial charge on any atom is 0.408 e. The Morgan fingerprint density at radius 2 is 1.65 bits per heavy atom. The van der Waals surface area contributed by atoms with Crippen LogP contribution in [0.1, 0.15) is 25.0 Å². The van der Waals surface area contributed by atoms with Gasteiger partial charge in [-0.25, -0.2) is 9.59 Å². The highest BCUT2D eigenvalue weighted by Crippen LogP contribution is 2.12. The van der Waals surface area contributed by atoms with Gasteiger partial charge in [0.1, 0.15) is 12.6 Å². The predicted octanol–water partition coefficient (Wildman–Crippen LogP) is 4.13. The quantitative estimate of drug-likeness (QED) is 0.739. The highest BCUT2D eigenvalue weighted by atomic mass is 35.5. The molecule has 0 aliphatic carbocycles. The maximum atomic E-state index is 12.3. The van der Waals surface area contributed by atoms with Crippen molar-refractivity contribution in [2.75, 3.05) is 0 Å². The summed E-state index contributed by atoms with van der Waals surface area (Å²) >= 11 is 5.88. The average Bonchev–Trinajstić information content (AvgIpc) is 2.61. The zero-order valence-electron chi connectivity index (χ0n) is 14.8. The molecule has 138 valence electrons. The van der Waals surface area contributed by atoms with Crippen molar-refractivity contribution in [1.82, 2.24) is 5.32 Å². The van der Waals surface area contributed by atoms with E-state index in [1.54, 1.807) is 38.1 Å². The summed E-state index contributed by atoms with van der Waals surface area (Å²) in [7, 11) is 0. The molecule has 0 saturated heterocycles. The molecule has 5 nitrogen and oxygen atoms in total. The SMILES string of the molecule is CC(C)OC(=O)[C@H](Cc1ccc(Cl)cc1)NC(=O)OCc1ccccc1. The summed E-state index contributed by atoms with van der Waals surface area (Å²) in [6.07, 6.45) is -0.672. The highest BCUT2D eigenvalue weighted by Gasteiger charge is 2.24. The summed E-state index contributed by atoms with van der Waals surface area (Å²) in [4.78, 5) is 24.4. The third-order valence-corrected chi connectivity index (χ3v) is 3.75. The summed E-state index contributed by atoms with van der Waals surface area (Å²) in [5.74, 6) is -0.508. The first-order valence-electron chi connectivity index (χ1n) is 8.36. The van der Waals surface area contributed by atoms with E-state index in [0.717, 1.165) is 11.1 Å². The molecule has 0 unspecified atom stereocenters. The van der Waals surface area contributed by atoms with Crippen LogP contribution in [-0.4, -0.2) is 24.2 Å². The average molecular weight is 376 g/mol. The number of halogens is 1. The Balaban J connectivity index is 1.99. The lowest BCUT2D eigenvalue weighted by Gasteiger charge is -2.19. The fraction of sp³-hybridized carbons (Fsp3) is 0.300. The Morgan fingerprint density at radius 3 is 2.27 bits per heavy atom. The first-order chi connectivity index (χ1) is 12.4. The molecule has 0 aliphatic rings. The van der Waals surface area contributed by atoms with Crippen molar-refractivity contribution in [2.24, 2.45) is 0 Å². The molecule has 0 aliphatic heterocycles. The minimum absolute atomic E-state index is 0.125. The van der Waals surface area contributed by atoms with Crippen LogP contribution in [0, 0.1) is 0 Å². The Morgan fingerprint density at radius 1 is 1.00 bits per heavy atom. The van der Waals surface area contributed by atoms with Crippen molar-refractivity contribution in [2.45, 2.75) is 39.0 Å². The van der Waals surface area contributed by atoms with Crippen LogP contribution in [0.3, 0.4) is 0 Å². The molecule has 26 heavy (non-hydrogen) atoms. The first-order valence-corrected chi connectivity index (χ1v) is 8.74. The van der Waals surface area contributed by atoms with Crippen LogP contribution in [0.15, 0.2) is 54.6 Å². The third-order valence-electron chi connectivity index (χ3n) is 3.49. The molecule has 0 radical (unpaired) electrons. The highest BCUT2D eigenvalue weighted by molar-refractivity contribution is 6.30. The molecule has 6 heteroatoms. The molecule has 0 heterocycles. The zero-order valence-corrected chi connectivity index (χ0v) is 15.5. The van der Waals surface area contributed by atoms with E-state index in [-0.39, 0.29) is 19.1 Å². The van der Waals surface area contributed by atoms with Crippen molar-refractivity contribution in [1.29, 1.82) is 0 Å². The molecule has 1 N–H and O–H groups in total. The minimum atomic E-state index is -0.846. The molecule has 0 bridgehead atoms. The number of hydrogen-bond donors (Lipinski definition) is 1. The number of carbonyl (C=O) groups excluding carboxylic acids is 2. The van der Waals surface area contributed by atoms with Crippen molar-refractivity contribution in [3.8, 4) is 0 Å². The Kier molecular flexibility index (Phi) is 7.48. The third kappa shape index (κ3) is 6.76. The zero-order chi connectivity index (χ0) is 18.9. The van der Waals surface area contributed by atoms with Gasteiger partial charge >= 0.3 is 12.1 Å². The Labute approximate surface area is 158 Å². The van der Waals surface area contributed by atoms with Gasteiger partial charge < -0.3 is 14.8 Å². The van der Waals surface area contributed by atoms with Gasteiger partial charge in [0.2, 0.25) is 0 Å². The van der Waals surface area contributed by atoms with Gasteiger partial charge in [-0.15, -0.1) is 0 Å². The number of benzene rings is 2. The summed E-state index contributed by atoms with van der Waals surface area (Å²) in [5, 5.41) is 3.19. The number of amides is 1. The van der Waals surface area contributed by atoms with E-state index in [4.69, 9.17) is 21.1 Å². The summed E-state index contributed by atoms with van der Waals surface area (Å²) in [6.45, 7) is 3.63. The molecule has 0 aromatic heterocycles. The van der Waals surface area contributed by atoms with Crippen LogP contribution in [0.4, 0.5) is 4.79 Å². The van der Waals surface area contributed by atoms with E-state index in [9.17, 15) is 9.59 Å². The number of nitrogens with one attached hydrogen (secondary N) is 1. The second kappa shape index (κ2) is 9.82. The first kappa shape index (κ1) is 19.8. The van der Waals surface area contributed by atoms with Gasteiger partial charge in [-0.05, 0) is 37.1 Å². The summed E-state index contributed by atoms with van der Waals surface area (Å²) < 4.78 is 10.4. The molecule has 2 aromatic carbocycles. The largest absolute Gasteiger partial charge is 0.461 e. The second-order valence-electron chi connectivity index (χ2n) is 6.07. The molecule has 2 rings (SSSR count). The Bertz CT molecular complexity index is 716. The van der Waals surface area contributed by atoms with Gasteiger partial charge in [0.05, 0.1) is 6.10 Å². The van der Waals surface area contributed by atoms with Crippen LogP contribution < -0.4 is 5.32 Å². The monoisotopic (exact) mass is 375 g/mol. The fourth-order valence-electron chi connectivity index (χ4n) is 2.27. The summed E-state index contributed by atoms with van der Waals surface area (Å²) in [6, 6.07) is 15.5. The predicted molar refractivity (Wildman–Crippen MR) is 99.9 cm³/mol. The van der Waals surface area contributed by atoms with Gasteiger partial charge in [0.15, 0.2) is 0 Å². The van der Waals surface area contributed by atoms with Gasteiger partial charge in [0, 0.05) is 11.4 Å². The lowest BCUT2D eigenvalue weighted by atomic mass is 10.1.